The molecule has 0 radical (unpaired) electrons. The SMILES string of the molecule is O=C(CC(NI)C(=O)O)NCc1cc[nH+]cc1.[I-]. The summed E-state index contributed by atoms with van der Waals surface area (Å²) in [5, 5.41) is 11.4. The Morgan fingerprint density at radius 2 is 2.00 bits per heavy atom. The Labute approximate surface area is 135 Å². The van der Waals surface area contributed by atoms with Crippen LogP contribution >= 0.6 is 22.9 Å². The number of aromatic nitrogens is 1. The predicted molar refractivity (Wildman–Crippen MR) is 68.0 cm³/mol. The minimum Gasteiger partial charge on any atom is -1.00 e. The fourth-order valence-electron chi connectivity index (χ4n) is 1.17. The van der Waals surface area contributed by atoms with Gasteiger partial charge in [-0.15, -0.1) is 0 Å². The molecule has 18 heavy (non-hydrogen) atoms. The lowest BCUT2D eigenvalue weighted by Crippen LogP contribution is -3.00. The van der Waals surface area contributed by atoms with Gasteiger partial charge in [0.1, 0.15) is 6.04 Å². The van der Waals surface area contributed by atoms with Crippen LogP contribution in [0, 0.1) is 0 Å². The van der Waals surface area contributed by atoms with Gasteiger partial charge in [-0.1, -0.05) is 0 Å². The molecule has 0 aliphatic rings. The van der Waals surface area contributed by atoms with Crippen molar-refractivity contribution < 1.29 is 43.7 Å². The molecule has 1 unspecified atom stereocenters. The first-order valence-corrected chi connectivity index (χ1v) is 6.02. The highest BCUT2D eigenvalue weighted by Gasteiger charge is 2.19. The number of carboxylic acid groups (broad SMARTS) is 1. The molecule has 6 nitrogen and oxygen atoms in total. The Morgan fingerprint density at radius 3 is 2.50 bits per heavy atom. The first-order valence-electron chi connectivity index (χ1n) is 4.94. The van der Waals surface area contributed by atoms with Crippen molar-refractivity contribution >= 4 is 34.7 Å². The topological polar surface area (TPSA) is 92.6 Å². The van der Waals surface area contributed by atoms with Gasteiger partial charge in [-0.2, -0.15) is 0 Å². The van der Waals surface area contributed by atoms with E-state index in [1.54, 1.807) is 35.3 Å². The van der Waals surface area contributed by atoms with Gasteiger partial charge < -0.3 is 34.4 Å². The maximum atomic E-state index is 11.5. The number of halogens is 2. The van der Waals surface area contributed by atoms with E-state index in [0.29, 0.717) is 6.54 Å². The van der Waals surface area contributed by atoms with E-state index in [1.165, 1.54) is 0 Å². The van der Waals surface area contributed by atoms with Crippen molar-refractivity contribution in [2.45, 2.75) is 19.0 Å². The summed E-state index contributed by atoms with van der Waals surface area (Å²) < 4.78 is 2.54. The lowest BCUT2D eigenvalue weighted by molar-refractivity contribution is -0.378. The fourth-order valence-corrected chi connectivity index (χ4v) is 1.66. The number of aliphatic carboxylic acids is 1. The van der Waals surface area contributed by atoms with Crippen molar-refractivity contribution in [2.24, 2.45) is 0 Å². The first kappa shape index (κ1) is 17.5. The highest BCUT2D eigenvalue weighted by molar-refractivity contribution is 14.1. The summed E-state index contributed by atoms with van der Waals surface area (Å²) in [6, 6.07) is 2.82. The lowest BCUT2D eigenvalue weighted by atomic mass is 10.2. The van der Waals surface area contributed by atoms with E-state index in [9.17, 15) is 9.59 Å². The number of hydrogen-bond acceptors (Lipinski definition) is 3. The molecule has 1 aromatic heterocycles. The fraction of sp³-hybridized carbons (Fsp3) is 0.300. The van der Waals surface area contributed by atoms with Crippen LogP contribution in [0.5, 0.6) is 0 Å². The molecule has 1 heterocycles. The van der Waals surface area contributed by atoms with E-state index in [1.807, 2.05) is 12.1 Å². The van der Waals surface area contributed by atoms with Crippen LogP contribution in [0.2, 0.25) is 0 Å². The minimum atomic E-state index is -1.04. The largest absolute Gasteiger partial charge is 1.00 e. The Bertz CT molecular complexity index is 389. The molecule has 0 saturated heterocycles. The van der Waals surface area contributed by atoms with E-state index in [4.69, 9.17) is 5.11 Å². The van der Waals surface area contributed by atoms with Crippen LogP contribution in [-0.4, -0.2) is 23.0 Å². The number of hydrogen-bond donors (Lipinski definition) is 3. The van der Waals surface area contributed by atoms with Crippen LogP contribution in [-0.2, 0) is 16.1 Å². The van der Waals surface area contributed by atoms with Crippen LogP contribution in [0.15, 0.2) is 24.5 Å². The second-order valence-corrected chi connectivity index (χ2v) is 4.01. The highest BCUT2D eigenvalue weighted by atomic mass is 127. The zero-order valence-electron chi connectivity index (χ0n) is 9.32. The van der Waals surface area contributed by atoms with Crippen molar-refractivity contribution in [1.82, 2.24) is 8.85 Å². The minimum absolute atomic E-state index is 0. The Kier molecular flexibility index (Phi) is 9.18. The Hall–Kier alpha value is -0.490. The lowest BCUT2D eigenvalue weighted by Gasteiger charge is -2.09. The summed E-state index contributed by atoms with van der Waals surface area (Å²) in [6.07, 6.45) is 3.43. The molecule has 0 bridgehead atoms. The Morgan fingerprint density at radius 1 is 1.39 bits per heavy atom. The van der Waals surface area contributed by atoms with Gasteiger partial charge in [0.25, 0.3) is 0 Å². The molecule has 4 N–H and O–H groups in total. The second-order valence-electron chi connectivity index (χ2n) is 3.39. The average Bonchev–Trinajstić information content (AvgIpc) is 2.34. The number of carboxylic acids is 1. The van der Waals surface area contributed by atoms with E-state index >= 15 is 0 Å². The van der Waals surface area contributed by atoms with Crippen LogP contribution in [0.4, 0.5) is 0 Å². The van der Waals surface area contributed by atoms with E-state index in [-0.39, 0.29) is 36.3 Å². The molecule has 0 aliphatic heterocycles. The van der Waals surface area contributed by atoms with Crippen LogP contribution in [0.25, 0.3) is 0 Å². The average molecular weight is 477 g/mol. The molecule has 0 aliphatic carbocycles. The predicted octanol–water partition coefficient (Wildman–Crippen LogP) is -3.10. The van der Waals surface area contributed by atoms with E-state index < -0.39 is 12.0 Å². The number of H-pyrrole nitrogens is 1. The second kappa shape index (κ2) is 9.44. The molecule has 1 amide bonds. The molecule has 1 rings (SSSR count). The third-order valence-electron chi connectivity index (χ3n) is 2.10. The number of carbonyl (C=O) groups is 2. The number of aromatic amines is 1. The number of rotatable bonds is 6. The zero-order valence-corrected chi connectivity index (χ0v) is 13.6. The van der Waals surface area contributed by atoms with Crippen molar-refractivity contribution in [3.8, 4) is 0 Å². The number of nitrogens with one attached hydrogen (secondary N) is 3. The summed E-state index contributed by atoms with van der Waals surface area (Å²) in [6.45, 7) is 0.390. The van der Waals surface area contributed by atoms with Crippen molar-refractivity contribution in [2.75, 3.05) is 0 Å². The van der Waals surface area contributed by atoms with Gasteiger partial charge in [-0.25, -0.2) is 8.51 Å². The quantitative estimate of drug-likeness (QED) is 0.300. The van der Waals surface area contributed by atoms with Crippen molar-refractivity contribution in [3.63, 3.8) is 0 Å². The molecule has 0 aromatic carbocycles. The van der Waals surface area contributed by atoms with Crippen molar-refractivity contribution in [3.05, 3.63) is 30.1 Å². The maximum absolute atomic E-state index is 11.5. The van der Waals surface area contributed by atoms with Crippen molar-refractivity contribution in [1.29, 1.82) is 0 Å². The molecule has 8 heteroatoms. The third kappa shape index (κ3) is 6.44. The van der Waals surface area contributed by atoms with Gasteiger partial charge in [0.05, 0.1) is 6.42 Å². The van der Waals surface area contributed by atoms with Gasteiger partial charge in [-0.3, -0.25) is 9.59 Å². The van der Waals surface area contributed by atoms with Gasteiger partial charge in [-0.05, 0) is 5.56 Å². The van der Waals surface area contributed by atoms with E-state index in [0.717, 1.165) is 5.56 Å². The van der Waals surface area contributed by atoms with Gasteiger partial charge in [0.15, 0.2) is 12.4 Å². The van der Waals surface area contributed by atoms with Crippen LogP contribution in [0.3, 0.4) is 0 Å². The molecule has 0 fully saturated rings. The zero-order chi connectivity index (χ0) is 12.7. The van der Waals surface area contributed by atoms with E-state index in [2.05, 4.69) is 13.8 Å². The summed E-state index contributed by atoms with van der Waals surface area (Å²) in [4.78, 5) is 25.0. The van der Waals surface area contributed by atoms with Crippen LogP contribution in [0.1, 0.15) is 12.0 Å². The van der Waals surface area contributed by atoms with Crippen LogP contribution < -0.4 is 37.8 Å². The number of amides is 1. The van der Waals surface area contributed by atoms with Gasteiger partial charge >= 0.3 is 5.97 Å². The summed E-state index contributed by atoms with van der Waals surface area (Å²) in [5.74, 6) is -1.33. The van der Waals surface area contributed by atoms with Gasteiger partial charge in [0, 0.05) is 41.5 Å². The third-order valence-corrected chi connectivity index (χ3v) is 2.85. The summed E-state index contributed by atoms with van der Waals surface area (Å²) >= 11 is 1.72. The molecular formula is C10H13I2N3O3. The smallest absolute Gasteiger partial charge is 0.321 e. The molecule has 100 valence electrons. The molecular weight excluding hydrogens is 464 g/mol. The normalized spacial score (nSPS) is 11.2. The monoisotopic (exact) mass is 477 g/mol. The first-order chi connectivity index (χ1) is 8.13. The molecule has 0 saturated carbocycles. The standard InChI is InChI=1S/C10H12IN3O3.HI/c11-14-8(10(16)17)5-9(15)13-6-7-1-3-12-4-2-7;/h1-4,8,14H,5-6H2,(H,13,15)(H,16,17);1H. The molecule has 1 aromatic rings. The number of pyridine rings is 1. The summed E-state index contributed by atoms with van der Waals surface area (Å²) in [5.41, 5.74) is 0.950. The molecule has 1 atom stereocenters. The van der Waals surface area contributed by atoms with Gasteiger partial charge in [0.2, 0.25) is 5.91 Å². The Balaban J connectivity index is 0.00000289. The molecule has 0 spiro atoms. The summed E-state index contributed by atoms with van der Waals surface area (Å²) in [7, 11) is 0. The number of carbonyl (C=O) groups excluding carboxylic acids is 1. The maximum Gasteiger partial charge on any atom is 0.321 e. The highest BCUT2D eigenvalue weighted by Crippen LogP contribution is 1.97.